The minimum atomic E-state index is -0.556. The number of carbonyl (C=O) groups excluding carboxylic acids is 1. The highest BCUT2D eigenvalue weighted by Crippen LogP contribution is 2.13. The van der Waals surface area contributed by atoms with Crippen molar-refractivity contribution in [3.8, 4) is 0 Å². The van der Waals surface area contributed by atoms with E-state index in [4.69, 9.17) is 11.6 Å². The number of aryl methyl sites for hydroxylation is 2. The molecule has 0 atom stereocenters. The molecular formula is C9H10ClNO. The van der Waals surface area contributed by atoms with Crippen molar-refractivity contribution in [1.82, 2.24) is 0 Å². The van der Waals surface area contributed by atoms with E-state index in [1.165, 1.54) is 0 Å². The number of amides is 1. The highest BCUT2D eigenvalue weighted by molar-refractivity contribution is 6.65. The maximum Gasteiger partial charge on any atom is 0.318 e. The molecule has 2 nitrogen and oxygen atoms in total. The number of rotatable bonds is 1. The average molecular weight is 184 g/mol. The fraction of sp³-hybridized carbons (Fsp3) is 0.222. The Morgan fingerprint density at radius 3 is 2.17 bits per heavy atom. The van der Waals surface area contributed by atoms with Crippen molar-refractivity contribution in [2.45, 2.75) is 13.8 Å². The molecule has 0 radical (unpaired) electrons. The molecule has 0 spiro atoms. The van der Waals surface area contributed by atoms with Crippen LogP contribution in [0.25, 0.3) is 0 Å². The summed E-state index contributed by atoms with van der Waals surface area (Å²) in [6.07, 6.45) is 0. The minimum Gasteiger partial charge on any atom is -0.312 e. The molecule has 64 valence electrons. The Labute approximate surface area is 76.5 Å². The van der Waals surface area contributed by atoms with E-state index in [-0.39, 0.29) is 0 Å². The lowest BCUT2D eigenvalue weighted by Crippen LogP contribution is -2.01. The number of carbonyl (C=O) groups is 1. The molecule has 12 heavy (non-hydrogen) atoms. The molecule has 0 aliphatic carbocycles. The zero-order chi connectivity index (χ0) is 9.14. The lowest BCUT2D eigenvalue weighted by atomic mass is 10.1. The molecule has 0 aliphatic heterocycles. The number of nitrogens with one attached hydrogen (secondary N) is 1. The van der Waals surface area contributed by atoms with Crippen molar-refractivity contribution in [1.29, 1.82) is 0 Å². The Hall–Kier alpha value is -1.02. The molecule has 0 fully saturated rings. The summed E-state index contributed by atoms with van der Waals surface area (Å²) in [5, 5.41) is 1.96. The standard InChI is InChI=1S/C9H10ClNO/c1-6-3-7(2)5-8(4-6)11-9(10)12/h3-5H,1-2H3,(H,11,12). The van der Waals surface area contributed by atoms with E-state index >= 15 is 0 Å². The number of benzene rings is 1. The van der Waals surface area contributed by atoms with E-state index in [1.807, 2.05) is 32.0 Å². The van der Waals surface area contributed by atoms with Crippen LogP contribution in [0.15, 0.2) is 18.2 Å². The molecule has 1 aromatic rings. The summed E-state index contributed by atoms with van der Waals surface area (Å²) in [5.41, 5.74) is 2.96. The van der Waals surface area contributed by atoms with Gasteiger partial charge in [0.15, 0.2) is 0 Å². The largest absolute Gasteiger partial charge is 0.318 e. The molecule has 1 N–H and O–H groups in total. The van der Waals surface area contributed by atoms with Crippen molar-refractivity contribution in [2.75, 3.05) is 5.32 Å². The molecular weight excluding hydrogens is 174 g/mol. The molecule has 1 amide bonds. The predicted molar refractivity (Wildman–Crippen MR) is 50.8 cm³/mol. The first-order valence-electron chi connectivity index (χ1n) is 3.63. The summed E-state index contributed by atoms with van der Waals surface area (Å²) in [5.74, 6) is 0. The van der Waals surface area contributed by atoms with E-state index in [0.717, 1.165) is 16.8 Å². The Morgan fingerprint density at radius 1 is 1.25 bits per heavy atom. The predicted octanol–water partition coefficient (Wildman–Crippen LogP) is 3.07. The van der Waals surface area contributed by atoms with Gasteiger partial charge in [-0.3, -0.25) is 4.79 Å². The van der Waals surface area contributed by atoms with E-state index < -0.39 is 5.37 Å². The van der Waals surface area contributed by atoms with E-state index in [0.29, 0.717) is 0 Å². The monoisotopic (exact) mass is 183 g/mol. The van der Waals surface area contributed by atoms with Gasteiger partial charge in [0.05, 0.1) is 0 Å². The molecule has 0 saturated carbocycles. The summed E-state index contributed by atoms with van der Waals surface area (Å²) in [6.45, 7) is 3.94. The average Bonchev–Trinajstić information content (AvgIpc) is 1.81. The molecule has 3 heteroatoms. The Morgan fingerprint density at radius 2 is 1.75 bits per heavy atom. The van der Waals surface area contributed by atoms with Crippen LogP contribution < -0.4 is 5.32 Å². The zero-order valence-corrected chi connectivity index (χ0v) is 7.77. The van der Waals surface area contributed by atoms with Crippen LogP contribution in [0.2, 0.25) is 0 Å². The second-order valence-corrected chi connectivity index (χ2v) is 3.12. The van der Waals surface area contributed by atoms with Gasteiger partial charge in [0.25, 0.3) is 0 Å². The van der Waals surface area contributed by atoms with Crippen molar-refractivity contribution in [2.24, 2.45) is 0 Å². The highest BCUT2D eigenvalue weighted by Gasteiger charge is 1.97. The zero-order valence-electron chi connectivity index (χ0n) is 7.02. The maximum absolute atomic E-state index is 10.5. The number of hydrogen-bond donors (Lipinski definition) is 1. The summed E-state index contributed by atoms with van der Waals surface area (Å²) >= 11 is 5.17. The van der Waals surface area contributed by atoms with E-state index in [1.54, 1.807) is 0 Å². The Balaban J connectivity index is 2.93. The van der Waals surface area contributed by atoms with Crippen LogP contribution in [0.5, 0.6) is 0 Å². The maximum atomic E-state index is 10.5. The number of halogens is 1. The first kappa shape index (κ1) is 9.07. The van der Waals surface area contributed by atoms with Crippen LogP contribution in [0, 0.1) is 13.8 Å². The van der Waals surface area contributed by atoms with Crippen LogP contribution in [0.4, 0.5) is 10.5 Å². The Kier molecular flexibility index (Phi) is 2.71. The van der Waals surface area contributed by atoms with Crippen LogP contribution in [-0.2, 0) is 0 Å². The van der Waals surface area contributed by atoms with Crippen LogP contribution in [-0.4, -0.2) is 5.37 Å². The third kappa shape index (κ3) is 2.55. The van der Waals surface area contributed by atoms with Gasteiger partial charge in [-0.15, -0.1) is 0 Å². The summed E-state index contributed by atoms with van der Waals surface area (Å²) in [7, 11) is 0. The molecule has 1 aromatic carbocycles. The van der Waals surface area contributed by atoms with Crippen molar-refractivity contribution >= 4 is 22.7 Å². The lowest BCUT2D eigenvalue weighted by molar-refractivity contribution is 0.269. The molecule has 0 aromatic heterocycles. The molecule has 0 bridgehead atoms. The van der Waals surface area contributed by atoms with Gasteiger partial charge in [0.2, 0.25) is 0 Å². The molecule has 0 saturated heterocycles. The van der Waals surface area contributed by atoms with Crippen LogP contribution in [0.3, 0.4) is 0 Å². The highest BCUT2D eigenvalue weighted by atomic mass is 35.5. The Bertz CT molecular complexity index is 289. The van der Waals surface area contributed by atoms with Gasteiger partial charge < -0.3 is 5.32 Å². The second-order valence-electron chi connectivity index (χ2n) is 2.78. The SMILES string of the molecule is Cc1cc(C)cc(NC(=O)Cl)c1. The fourth-order valence-electron chi connectivity index (χ4n) is 1.16. The normalized spacial score (nSPS) is 9.58. The quantitative estimate of drug-likeness (QED) is 0.526. The molecule has 0 aliphatic rings. The number of anilines is 1. The smallest absolute Gasteiger partial charge is 0.312 e. The van der Waals surface area contributed by atoms with Gasteiger partial charge in [-0.1, -0.05) is 6.07 Å². The van der Waals surface area contributed by atoms with Crippen molar-refractivity contribution < 1.29 is 4.79 Å². The number of hydrogen-bond acceptors (Lipinski definition) is 1. The van der Waals surface area contributed by atoms with Crippen molar-refractivity contribution in [3.63, 3.8) is 0 Å². The molecule has 0 unspecified atom stereocenters. The van der Waals surface area contributed by atoms with Gasteiger partial charge in [0, 0.05) is 5.69 Å². The third-order valence-electron chi connectivity index (χ3n) is 1.46. The van der Waals surface area contributed by atoms with Gasteiger partial charge >= 0.3 is 5.37 Å². The first-order valence-corrected chi connectivity index (χ1v) is 4.00. The van der Waals surface area contributed by atoms with Gasteiger partial charge in [-0.2, -0.15) is 0 Å². The minimum absolute atomic E-state index is 0.556. The molecule has 1 rings (SSSR count). The van der Waals surface area contributed by atoms with Crippen LogP contribution >= 0.6 is 11.6 Å². The van der Waals surface area contributed by atoms with Gasteiger partial charge in [-0.25, -0.2) is 0 Å². The second kappa shape index (κ2) is 3.59. The molecule has 0 heterocycles. The summed E-state index contributed by atoms with van der Waals surface area (Å²) < 4.78 is 0. The van der Waals surface area contributed by atoms with E-state index in [9.17, 15) is 4.79 Å². The first-order chi connectivity index (χ1) is 5.58. The summed E-state index contributed by atoms with van der Waals surface area (Å²) in [6, 6.07) is 5.77. The van der Waals surface area contributed by atoms with Crippen molar-refractivity contribution in [3.05, 3.63) is 29.3 Å². The van der Waals surface area contributed by atoms with Crippen LogP contribution in [0.1, 0.15) is 11.1 Å². The van der Waals surface area contributed by atoms with E-state index in [2.05, 4.69) is 5.32 Å². The van der Waals surface area contributed by atoms with Gasteiger partial charge in [-0.05, 0) is 48.7 Å². The fourth-order valence-corrected chi connectivity index (χ4v) is 1.27. The lowest BCUT2D eigenvalue weighted by Gasteiger charge is -2.03. The topological polar surface area (TPSA) is 29.1 Å². The summed E-state index contributed by atoms with van der Waals surface area (Å²) in [4.78, 5) is 10.5. The van der Waals surface area contributed by atoms with Gasteiger partial charge in [0.1, 0.15) is 0 Å². The third-order valence-corrected chi connectivity index (χ3v) is 1.56.